The molecule has 78 valence electrons. The Hall–Kier alpha value is 0.270. The lowest BCUT2D eigenvalue weighted by molar-refractivity contribution is 0.367. The Morgan fingerprint density at radius 2 is 2.23 bits per heavy atom. The highest BCUT2D eigenvalue weighted by molar-refractivity contribution is 7.99. The summed E-state index contributed by atoms with van der Waals surface area (Å²) in [6.45, 7) is 10.2. The molecule has 2 nitrogen and oxygen atoms in total. The Morgan fingerprint density at radius 1 is 1.46 bits per heavy atom. The van der Waals surface area contributed by atoms with Crippen LogP contribution in [-0.4, -0.2) is 37.2 Å². The van der Waals surface area contributed by atoms with Crippen LogP contribution in [0.4, 0.5) is 0 Å². The highest BCUT2D eigenvalue weighted by atomic mass is 32.2. The lowest BCUT2D eigenvalue weighted by Gasteiger charge is -2.25. The maximum Gasteiger partial charge on any atom is 0.0283 e. The third-order valence-corrected chi connectivity index (χ3v) is 3.18. The molecule has 1 heterocycles. The molecule has 1 fully saturated rings. The van der Waals surface area contributed by atoms with Crippen molar-refractivity contribution in [3.63, 3.8) is 0 Å². The van der Waals surface area contributed by atoms with Crippen molar-refractivity contribution in [2.24, 2.45) is 5.41 Å². The van der Waals surface area contributed by atoms with Crippen LogP contribution in [0, 0.1) is 5.41 Å². The lowest BCUT2D eigenvalue weighted by atomic mass is 9.97. The van der Waals surface area contributed by atoms with Gasteiger partial charge >= 0.3 is 0 Å². The van der Waals surface area contributed by atoms with Crippen molar-refractivity contribution in [2.45, 2.75) is 26.8 Å². The first-order valence-electron chi connectivity index (χ1n) is 5.10. The summed E-state index contributed by atoms with van der Waals surface area (Å²) < 4.78 is 0. The van der Waals surface area contributed by atoms with Gasteiger partial charge in [0.2, 0.25) is 0 Å². The molecule has 2 N–H and O–H groups in total. The van der Waals surface area contributed by atoms with Gasteiger partial charge in [0.15, 0.2) is 0 Å². The van der Waals surface area contributed by atoms with Gasteiger partial charge in [-0.1, -0.05) is 20.8 Å². The smallest absolute Gasteiger partial charge is 0.0283 e. The molecular formula is C10H22N2S. The van der Waals surface area contributed by atoms with Crippen LogP contribution < -0.4 is 10.6 Å². The molecular weight excluding hydrogens is 180 g/mol. The van der Waals surface area contributed by atoms with Crippen molar-refractivity contribution in [1.29, 1.82) is 0 Å². The first-order valence-corrected chi connectivity index (χ1v) is 6.25. The second-order valence-corrected chi connectivity index (χ2v) is 6.07. The summed E-state index contributed by atoms with van der Waals surface area (Å²) in [6, 6.07) is 0.682. The molecule has 13 heavy (non-hydrogen) atoms. The van der Waals surface area contributed by atoms with E-state index >= 15 is 0 Å². The van der Waals surface area contributed by atoms with Crippen molar-refractivity contribution < 1.29 is 0 Å². The normalized spacial score (nSPS) is 24.7. The zero-order valence-electron chi connectivity index (χ0n) is 9.02. The van der Waals surface area contributed by atoms with E-state index in [-0.39, 0.29) is 0 Å². The molecule has 3 heteroatoms. The number of thioether (sulfide) groups is 1. The lowest BCUT2D eigenvalue weighted by Crippen LogP contribution is -2.45. The Labute approximate surface area is 86.2 Å². The summed E-state index contributed by atoms with van der Waals surface area (Å²) in [6.07, 6.45) is 0. The zero-order chi connectivity index (χ0) is 9.73. The van der Waals surface area contributed by atoms with Crippen LogP contribution in [0.1, 0.15) is 20.8 Å². The van der Waals surface area contributed by atoms with Crippen molar-refractivity contribution >= 4 is 11.8 Å². The summed E-state index contributed by atoms with van der Waals surface area (Å²) in [7, 11) is 0. The van der Waals surface area contributed by atoms with Crippen molar-refractivity contribution in [2.75, 3.05) is 31.1 Å². The predicted molar refractivity (Wildman–Crippen MR) is 61.4 cm³/mol. The van der Waals surface area contributed by atoms with E-state index in [0.717, 1.165) is 13.1 Å². The first kappa shape index (κ1) is 11.3. The van der Waals surface area contributed by atoms with E-state index in [2.05, 4.69) is 43.2 Å². The van der Waals surface area contributed by atoms with Crippen LogP contribution >= 0.6 is 11.8 Å². The van der Waals surface area contributed by atoms with Gasteiger partial charge in [0.05, 0.1) is 0 Å². The minimum absolute atomic E-state index is 0.405. The van der Waals surface area contributed by atoms with E-state index in [4.69, 9.17) is 0 Å². The molecule has 1 unspecified atom stereocenters. The van der Waals surface area contributed by atoms with Crippen LogP contribution in [0.3, 0.4) is 0 Å². The predicted octanol–water partition coefficient (Wildman–Crippen LogP) is 1.33. The van der Waals surface area contributed by atoms with Gasteiger partial charge < -0.3 is 10.6 Å². The van der Waals surface area contributed by atoms with E-state index in [1.165, 1.54) is 18.1 Å². The molecule has 0 spiro atoms. The summed E-state index contributed by atoms with van der Waals surface area (Å²) >= 11 is 2.06. The monoisotopic (exact) mass is 202 g/mol. The molecule has 1 atom stereocenters. The van der Waals surface area contributed by atoms with Gasteiger partial charge in [0, 0.05) is 37.2 Å². The zero-order valence-corrected chi connectivity index (χ0v) is 9.84. The Bertz CT molecular complexity index is 136. The van der Waals surface area contributed by atoms with E-state index in [9.17, 15) is 0 Å². The summed E-state index contributed by atoms with van der Waals surface area (Å²) in [4.78, 5) is 0. The molecule has 0 bridgehead atoms. The number of rotatable bonds is 3. The molecule has 1 saturated heterocycles. The molecule has 0 aliphatic carbocycles. The highest BCUT2D eigenvalue weighted by Gasteiger charge is 2.14. The second kappa shape index (κ2) is 5.23. The molecule has 1 aliphatic rings. The van der Waals surface area contributed by atoms with Crippen LogP contribution in [0.15, 0.2) is 0 Å². The van der Waals surface area contributed by atoms with E-state index in [0.29, 0.717) is 11.5 Å². The molecule has 1 aliphatic heterocycles. The average molecular weight is 202 g/mol. The molecule has 0 radical (unpaired) electrons. The maximum absolute atomic E-state index is 3.52. The van der Waals surface area contributed by atoms with Crippen LogP contribution in [0.25, 0.3) is 0 Å². The number of hydrogen-bond acceptors (Lipinski definition) is 3. The SMILES string of the molecule is CC(C)(C)CNCC1CSCCN1. The molecule has 1 rings (SSSR count). The van der Waals surface area contributed by atoms with Gasteiger partial charge in [0.25, 0.3) is 0 Å². The van der Waals surface area contributed by atoms with Crippen molar-refractivity contribution in [3.8, 4) is 0 Å². The minimum Gasteiger partial charge on any atom is -0.315 e. The fourth-order valence-corrected chi connectivity index (χ4v) is 2.32. The largest absolute Gasteiger partial charge is 0.315 e. The Morgan fingerprint density at radius 3 is 2.77 bits per heavy atom. The van der Waals surface area contributed by atoms with Gasteiger partial charge in [-0.05, 0) is 5.41 Å². The highest BCUT2D eigenvalue weighted by Crippen LogP contribution is 2.11. The second-order valence-electron chi connectivity index (χ2n) is 4.92. The topological polar surface area (TPSA) is 24.1 Å². The number of hydrogen-bond donors (Lipinski definition) is 2. The minimum atomic E-state index is 0.405. The van der Waals surface area contributed by atoms with Gasteiger partial charge in [-0.2, -0.15) is 11.8 Å². The van der Waals surface area contributed by atoms with Crippen LogP contribution in [-0.2, 0) is 0 Å². The van der Waals surface area contributed by atoms with Gasteiger partial charge in [-0.3, -0.25) is 0 Å². The van der Waals surface area contributed by atoms with E-state index in [1.807, 2.05) is 0 Å². The van der Waals surface area contributed by atoms with Crippen molar-refractivity contribution in [3.05, 3.63) is 0 Å². The van der Waals surface area contributed by atoms with Gasteiger partial charge in [0.1, 0.15) is 0 Å². The number of nitrogens with one attached hydrogen (secondary N) is 2. The van der Waals surface area contributed by atoms with Gasteiger partial charge in [-0.15, -0.1) is 0 Å². The van der Waals surface area contributed by atoms with Crippen LogP contribution in [0.2, 0.25) is 0 Å². The quantitative estimate of drug-likeness (QED) is 0.722. The Balaban J connectivity index is 2.04. The molecule has 0 amide bonds. The fourth-order valence-electron chi connectivity index (χ4n) is 1.37. The van der Waals surface area contributed by atoms with E-state index in [1.54, 1.807) is 0 Å². The van der Waals surface area contributed by atoms with Gasteiger partial charge in [-0.25, -0.2) is 0 Å². The fraction of sp³-hybridized carbons (Fsp3) is 1.00. The summed E-state index contributed by atoms with van der Waals surface area (Å²) in [5, 5.41) is 7.04. The Kier molecular flexibility index (Phi) is 4.56. The third-order valence-electron chi connectivity index (χ3n) is 2.04. The average Bonchev–Trinajstić information content (AvgIpc) is 2.04. The first-order chi connectivity index (χ1) is 6.08. The van der Waals surface area contributed by atoms with Crippen molar-refractivity contribution in [1.82, 2.24) is 10.6 Å². The molecule has 0 saturated carbocycles. The molecule has 0 aromatic carbocycles. The molecule has 0 aromatic rings. The molecule has 0 aromatic heterocycles. The maximum atomic E-state index is 3.52. The summed E-state index contributed by atoms with van der Waals surface area (Å²) in [5.41, 5.74) is 0.405. The standard InChI is InChI=1S/C10H22N2S/c1-10(2,3)8-11-6-9-7-13-5-4-12-9/h9,11-12H,4-8H2,1-3H3. The van der Waals surface area contributed by atoms with E-state index < -0.39 is 0 Å². The third kappa shape index (κ3) is 5.55. The van der Waals surface area contributed by atoms with Crippen LogP contribution in [0.5, 0.6) is 0 Å². The summed E-state index contributed by atoms with van der Waals surface area (Å²) in [5.74, 6) is 2.53.